The van der Waals surface area contributed by atoms with Crippen LogP contribution in [-0.2, 0) is 0 Å². The maximum atomic E-state index is 13.5. The van der Waals surface area contributed by atoms with Crippen molar-refractivity contribution in [2.24, 2.45) is 0 Å². The van der Waals surface area contributed by atoms with E-state index in [9.17, 15) is 9.90 Å². The topological polar surface area (TPSA) is 46.1 Å². The third-order valence-electron chi connectivity index (χ3n) is 5.31. The van der Waals surface area contributed by atoms with Crippen molar-refractivity contribution in [1.29, 1.82) is 0 Å². The minimum Gasteiger partial charge on any atom is -1.00 e. The molecule has 1 atom stereocenters. The Morgan fingerprint density at radius 1 is 1.11 bits per heavy atom. The highest BCUT2D eigenvalue weighted by Gasteiger charge is 2.25. The van der Waals surface area contributed by atoms with Gasteiger partial charge in [-0.3, -0.25) is 9.36 Å². The van der Waals surface area contributed by atoms with Crippen LogP contribution in [0.15, 0.2) is 53.5 Å². The van der Waals surface area contributed by atoms with E-state index in [1.165, 1.54) is 0 Å². The Bertz CT molecular complexity index is 992. The van der Waals surface area contributed by atoms with Crippen LogP contribution in [0.1, 0.15) is 57.6 Å². The van der Waals surface area contributed by atoms with E-state index in [-0.39, 0.29) is 29.9 Å². The fourth-order valence-corrected chi connectivity index (χ4v) is 3.87. The molecule has 0 spiro atoms. The number of hydrogen-bond acceptors (Lipinski definition) is 2. The molecule has 0 radical (unpaired) electrons. The number of aryl methyl sites for hydroxylation is 1. The average molecular weight is 401 g/mol. The van der Waals surface area contributed by atoms with Crippen molar-refractivity contribution in [3.63, 3.8) is 0 Å². The molecule has 3 rings (SSSR count). The molecule has 5 heteroatoms. The Morgan fingerprint density at radius 3 is 2.54 bits per heavy atom. The zero-order chi connectivity index (χ0) is 19.4. The summed E-state index contributed by atoms with van der Waals surface area (Å²) in [5.41, 5.74) is 2.24. The van der Waals surface area contributed by atoms with Crippen LogP contribution in [0.25, 0.3) is 16.6 Å². The minimum atomic E-state index is -0.128. The number of nitrogens with zero attached hydrogens (tertiary/aromatic N) is 2. The standard InChI is InChI=1S/C23H28N2O2.ClH/c1-4-6-7-13-19(5-2)25-21(26)16-17(3)22(23(25)27)24-15-10-12-18-11-8-9-14-20(18)24;/h8-12,14-16,19H,4-7,13H2,1-3H3;1H. The summed E-state index contributed by atoms with van der Waals surface area (Å²) in [6.07, 6.45) is 6.99. The predicted octanol–water partition coefficient (Wildman–Crippen LogP) is 1.83. The highest BCUT2D eigenvalue weighted by atomic mass is 35.5. The summed E-state index contributed by atoms with van der Waals surface area (Å²) in [4.78, 5) is 13.5. The minimum absolute atomic E-state index is 0. The molecule has 4 nitrogen and oxygen atoms in total. The highest BCUT2D eigenvalue weighted by molar-refractivity contribution is 5.75. The molecule has 0 bridgehead atoms. The van der Waals surface area contributed by atoms with Gasteiger partial charge in [-0.15, -0.1) is 0 Å². The zero-order valence-corrected chi connectivity index (χ0v) is 17.6. The second-order valence-electron chi connectivity index (χ2n) is 7.20. The number of halogens is 1. The van der Waals surface area contributed by atoms with Crippen LogP contribution >= 0.6 is 0 Å². The van der Waals surface area contributed by atoms with Crippen molar-refractivity contribution in [3.05, 3.63) is 64.6 Å². The number of para-hydroxylation sites is 1. The van der Waals surface area contributed by atoms with Crippen LogP contribution in [0.5, 0.6) is 5.88 Å². The summed E-state index contributed by atoms with van der Waals surface area (Å²) in [6, 6.07) is 13.8. The number of benzene rings is 1. The zero-order valence-electron chi connectivity index (χ0n) is 16.9. The summed E-state index contributed by atoms with van der Waals surface area (Å²) >= 11 is 0. The lowest BCUT2D eigenvalue weighted by atomic mass is 10.0. The number of aromatic nitrogens is 2. The molecule has 0 saturated carbocycles. The van der Waals surface area contributed by atoms with Gasteiger partial charge in [0.1, 0.15) is 0 Å². The Labute approximate surface area is 172 Å². The molecule has 150 valence electrons. The first-order chi connectivity index (χ1) is 13.1. The Morgan fingerprint density at radius 2 is 1.82 bits per heavy atom. The van der Waals surface area contributed by atoms with Crippen LogP contribution in [0.2, 0.25) is 0 Å². The van der Waals surface area contributed by atoms with Gasteiger partial charge in [-0.1, -0.05) is 45.2 Å². The molecule has 0 aliphatic heterocycles. The summed E-state index contributed by atoms with van der Waals surface area (Å²) in [7, 11) is 0. The van der Waals surface area contributed by atoms with Gasteiger partial charge in [-0.05, 0) is 31.9 Å². The number of aromatic hydroxyl groups is 1. The number of hydrogen-bond donors (Lipinski definition) is 1. The molecule has 0 saturated heterocycles. The first-order valence-corrected chi connectivity index (χ1v) is 9.93. The van der Waals surface area contributed by atoms with Crippen molar-refractivity contribution < 1.29 is 22.1 Å². The van der Waals surface area contributed by atoms with E-state index in [2.05, 4.69) is 13.8 Å². The van der Waals surface area contributed by atoms with Crippen LogP contribution < -0.4 is 22.5 Å². The Balaban J connectivity index is 0.00000280. The van der Waals surface area contributed by atoms with Gasteiger partial charge < -0.3 is 17.5 Å². The van der Waals surface area contributed by atoms with E-state index in [0.717, 1.165) is 48.6 Å². The Kier molecular flexibility index (Phi) is 7.64. The normalized spacial score (nSPS) is 12.0. The van der Waals surface area contributed by atoms with E-state index >= 15 is 0 Å². The van der Waals surface area contributed by atoms with Gasteiger partial charge in [-0.2, -0.15) is 4.57 Å². The van der Waals surface area contributed by atoms with Crippen molar-refractivity contribution >= 4 is 10.9 Å². The molecule has 0 aliphatic rings. The molecular weight excluding hydrogens is 372 g/mol. The van der Waals surface area contributed by atoms with E-state index < -0.39 is 0 Å². The second kappa shape index (κ2) is 9.74. The molecular formula is C23H29ClN2O2. The van der Waals surface area contributed by atoms with Crippen molar-refractivity contribution in [2.75, 3.05) is 0 Å². The quantitative estimate of drug-likeness (QED) is 0.486. The number of fused-ring (bicyclic) bond motifs is 1. The van der Waals surface area contributed by atoms with Gasteiger partial charge in [0.05, 0.1) is 0 Å². The third-order valence-corrected chi connectivity index (χ3v) is 5.31. The summed E-state index contributed by atoms with van der Waals surface area (Å²) in [5, 5.41) is 11.6. The number of pyridine rings is 2. The van der Waals surface area contributed by atoms with Gasteiger partial charge >= 0.3 is 5.56 Å². The van der Waals surface area contributed by atoms with Crippen molar-refractivity contribution in [3.8, 4) is 11.6 Å². The molecule has 1 N–H and O–H groups in total. The second-order valence-corrected chi connectivity index (χ2v) is 7.20. The first-order valence-electron chi connectivity index (χ1n) is 9.93. The molecule has 0 amide bonds. The summed E-state index contributed by atoms with van der Waals surface area (Å²) in [5.74, 6) is 0.0606. The lowest BCUT2D eigenvalue weighted by Crippen LogP contribution is -3.00. The van der Waals surface area contributed by atoms with Crippen LogP contribution in [0, 0.1) is 6.92 Å². The van der Waals surface area contributed by atoms with E-state index in [4.69, 9.17) is 0 Å². The lowest BCUT2D eigenvalue weighted by Gasteiger charge is -2.20. The third kappa shape index (κ3) is 4.22. The lowest BCUT2D eigenvalue weighted by molar-refractivity contribution is -0.569. The smallest absolute Gasteiger partial charge is 0.326 e. The molecule has 2 aromatic heterocycles. The SMILES string of the molecule is CCCCCC(CC)n1c(O)cc(C)c(-[n+]2cccc3ccccc32)c1=O.[Cl-]. The van der Waals surface area contributed by atoms with Gasteiger partial charge in [0.15, 0.2) is 12.1 Å². The maximum absolute atomic E-state index is 13.5. The van der Waals surface area contributed by atoms with Gasteiger partial charge in [0.2, 0.25) is 5.52 Å². The molecule has 2 heterocycles. The molecule has 1 unspecified atom stereocenters. The van der Waals surface area contributed by atoms with Crippen molar-refractivity contribution in [1.82, 2.24) is 4.57 Å². The van der Waals surface area contributed by atoms with Crippen LogP contribution in [0.4, 0.5) is 0 Å². The van der Waals surface area contributed by atoms with Crippen molar-refractivity contribution in [2.45, 2.75) is 58.9 Å². The van der Waals surface area contributed by atoms with Crippen LogP contribution in [0.3, 0.4) is 0 Å². The number of unbranched alkanes of at least 4 members (excludes halogenated alkanes) is 2. The highest BCUT2D eigenvalue weighted by Crippen LogP contribution is 2.25. The number of rotatable bonds is 7. The molecule has 0 aliphatic carbocycles. The average Bonchev–Trinajstić information content (AvgIpc) is 2.66. The Hall–Kier alpha value is -2.33. The largest absolute Gasteiger partial charge is 1.00 e. The summed E-state index contributed by atoms with van der Waals surface area (Å²) in [6.45, 7) is 6.13. The van der Waals surface area contributed by atoms with E-state index in [1.54, 1.807) is 10.6 Å². The fourth-order valence-electron chi connectivity index (χ4n) is 3.87. The monoisotopic (exact) mass is 400 g/mol. The van der Waals surface area contributed by atoms with Gasteiger partial charge in [0, 0.05) is 35.2 Å². The van der Waals surface area contributed by atoms with E-state index in [0.29, 0.717) is 5.69 Å². The van der Waals surface area contributed by atoms with E-state index in [1.807, 2.05) is 54.1 Å². The molecule has 3 aromatic rings. The predicted molar refractivity (Wildman–Crippen MR) is 110 cm³/mol. The molecule has 0 fully saturated rings. The fraction of sp³-hybridized carbons (Fsp3) is 0.391. The maximum Gasteiger partial charge on any atom is 0.326 e. The van der Waals surface area contributed by atoms with Gasteiger partial charge in [-0.25, -0.2) is 0 Å². The summed E-state index contributed by atoms with van der Waals surface area (Å²) < 4.78 is 3.54. The molecule has 1 aromatic carbocycles. The first kappa shape index (κ1) is 22.0. The van der Waals surface area contributed by atoms with Crippen LogP contribution in [-0.4, -0.2) is 9.67 Å². The van der Waals surface area contributed by atoms with Gasteiger partial charge in [0.25, 0.3) is 5.69 Å². The molecule has 28 heavy (non-hydrogen) atoms.